The fourth-order valence-electron chi connectivity index (χ4n) is 2.65. The molecule has 0 saturated heterocycles. The van der Waals surface area contributed by atoms with Gasteiger partial charge in [0.15, 0.2) is 6.61 Å². The van der Waals surface area contributed by atoms with Crippen molar-refractivity contribution in [2.75, 3.05) is 18.9 Å². The van der Waals surface area contributed by atoms with Crippen LogP contribution in [0.15, 0.2) is 24.3 Å². The first-order valence-corrected chi connectivity index (χ1v) is 9.87. The van der Waals surface area contributed by atoms with E-state index in [0.29, 0.717) is 5.75 Å². The fraction of sp³-hybridized carbons (Fsp3) is 0.381. The summed E-state index contributed by atoms with van der Waals surface area (Å²) in [6, 6.07) is 9.42. The van der Waals surface area contributed by atoms with Gasteiger partial charge < -0.3 is 19.9 Å². The Morgan fingerprint density at radius 3 is 2.52 bits per heavy atom. The van der Waals surface area contributed by atoms with Crippen LogP contribution in [0.4, 0.5) is 5.00 Å². The van der Waals surface area contributed by atoms with Gasteiger partial charge in [-0.15, -0.1) is 11.3 Å². The molecule has 0 fully saturated rings. The highest BCUT2D eigenvalue weighted by Crippen LogP contribution is 2.32. The molecule has 0 unspecified atom stereocenters. The highest BCUT2D eigenvalue weighted by Gasteiger charge is 2.24. The molecule has 7 nitrogen and oxygen atoms in total. The van der Waals surface area contributed by atoms with Gasteiger partial charge in [0.25, 0.3) is 0 Å². The van der Waals surface area contributed by atoms with Gasteiger partial charge >= 0.3 is 11.9 Å². The number of para-hydroxylation sites is 1. The summed E-state index contributed by atoms with van der Waals surface area (Å²) in [5.41, 5.74) is 6.99. The number of esters is 2. The number of nitriles is 1. The Morgan fingerprint density at radius 2 is 1.90 bits per heavy atom. The predicted molar refractivity (Wildman–Crippen MR) is 110 cm³/mol. The number of carbonyl (C=O) groups excluding carboxylic acids is 2. The normalized spacial score (nSPS) is 10.9. The molecule has 0 spiro atoms. The lowest BCUT2D eigenvalue weighted by Gasteiger charge is -2.22. The van der Waals surface area contributed by atoms with Gasteiger partial charge in [0.1, 0.15) is 28.3 Å². The molecular formula is C21H24N2O5S. The number of ether oxygens (including phenoxy) is 3. The Bertz CT molecular complexity index is 938. The molecule has 0 saturated carbocycles. The summed E-state index contributed by atoms with van der Waals surface area (Å²) in [4.78, 5) is 24.4. The average Bonchev–Trinajstić information content (AvgIpc) is 2.99. The van der Waals surface area contributed by atoms with E-state index in [1.54, 1.807) is 13.0 Å². The largest absolute Gasteiger partial charge is 0.482 e. The molecule has 2 rings (SSSR count). The lowest BCUT2D eigenvalue weighted by molar-refractivity contribution is -0.147. The molecule has 1 heterocycles. The molecular weight excluding hydrogens is 392 g/mol. The number of nitrogens with zero attached hydrogens (tertiary/aromatic N) is 1. The quantitative estimate of drug-likeness (QED) is 0.683. The van der Waals surface area contributed by atoms with Gasteiger partial charge in [-0.05, 0) is 24.0 Å². The maximum absolute atomic E-state index is 12.2. The van der Waals surface area contributed by atoms with Crippen molar-refractivity contribution in [3.8, 4) is 11.8 Å². The van der Waals surface area contributed by atoms with E-state index in [9.17, 15) is 14.9 Å². The van der Waals surface area contributed by atoms with Crippen LogP contribution in [0.25, 0.3) is 0 Å². The topological polar surface area (TPSA) is 112 Å². The van der Waals surface area contributed by atoms with E-state index in [0.717, 1.165) is 16.9 Å². The Kier molecular flexibility index (Phi) is 7.23. The van der Waals surface area contributed by atoms with E-state index in [1.807, 2.05) is 24.3 Å². The first-order valence-electron chi connectivity index (χ1n) is 9.05. The molecule has 1 aromatic heterocycles. The number of hydrogen-bond donors (Lipinski definition) is 1. The highest BCUT2D eigenvalue weighted by atomic mass is 32.1. The van der Waals surface area contributed by atoms with Crippen molar-refractivity contribution < 1.29 is 23.8 Å². The molecule has 0 aliphatic heterocycles. The molecule has 2 N–H and O–H groups in total. The summed E-state index contributed by atoms with van der Waals surface area (Å²) < 4.78 is 15.8. The van der Waals surface area contributed by atoms with Crippen LogP contribution in [0.2, 0.25) is 0 Å². The van der Waals surface area contributed by atoms with E-state index in [4.69, 9.17) is 19.9 Å². The molecule has 154 valence electrons. The average molecular weight is 416 g/mol. The smallest absolute Gasteiger partial charge is 0.348 e. The first kappa shape index (κ1) is 22.2. The zero-order valence-corrected chi connectivity index (χ0v) is 17.7. The summed E-state index contributed by atoms with van der Waals surface area (Å²) >= 11 is 0.938. The first-order chi connectivity index (χ1) is 13.7. The number of nitrogens with two attached hydrogens (primary N) is 1. The number of benzene rings is 1. The predicted octanol–water partition coefficient (Wildman–Crippen LogP) is 3.80. The van der Waals surface area contributed by atoms with Crippen molar-refractivity contribution in [1.29, 1.82) is 5.26 Å². The third kappa shape index (κ3) is 5.48. The van der Waals surface area contributed by atoms with E-state index < -0.39 is 11.9 Å². The van der Waals surface area contributed by atoms with Crippen LogP contribution >= 0.6 is 11.3 Å². The highest BCUT2D eigenvalue weighted by molar-refractivity contribution is 7.18. The van der Waals surface area contributed by atoms with Crippen molar-refractivity contribution in [3.63, 3.8) is 0 Å². The zero-order valence-electron chi connectivity index (χ0n) is 16.9. The minimum Gasteiger partial charge on any atom is -0.482 e. The van der Waals surface area contributed by atoms with Crippen LogP contribution in [0.1, 0.15) is 54.1 Å². The maximum Gasteiger partial charge on any atom is 0.348 e. The van der Waals surface area contributed by atoms with Crippen molar-refractivity contribution in [3.05, 3.63) is 45.8 Å². The zero-order chi connectivity index (χ0) is 21.6. The third-order valence-electron chi connectivity index (χ3n) is 4.03. The molecule has 8 heteroatoms. The number of nitrogen functional groups attached to an aromatic ring is 1. The van der Waals surface area contributed by atoms with Gasteiger partial charge in [0.2, 0.25) is 0 Å². The van der Waals surface area contributed by atoms with Crippen molar-refractivity contribution in [2.24, 2.45) is 0 Å². The number of thiophene rings is 1. The second kappa shape index (κ2) is 9.43. The van der Waals surface area contributed by atoms with Gasteiger partial charge in [-0.1, -0.05) is 39.0 Å². The molecule has 0 atom stereocenters. The van der Waals surface area contributed by atoms with Gasteiger partial charge in [-0.25, -0.2) is 9.59 Å². The summed E-state index contributed by atoms with van der Waals surface area (Å²) in [7, 11) is 0. The second-order valence-electron chi connectivity index (χ2n) is 7.18. The monoisotopic (exact) mass is 416 g/mol. The fourth-order valence-corrected chi connectivity index (χ4v) is 3.57. The van der Waals surface area contributed by atoms with Crippen LogP contribution in [0.3, 0.4) is 0 Å². The summed E-state index contributed by atoms with van der Waals surface area (Å²) in [5, 5.41) is 9.49. The lowest BCUT2D eigenvalue weighted by atomic mass is 9.86. The lowest BCUT2D eigenvalue weighted by Crippen LogP contribution is -2.19. The molecule has 0 amide bonds. The molecule has 0 aliphatic carbocycles. The van der Waals surface area contributed by atoms with Crippen LogP contribution < -0.4 is 10.5 Å². The van der Waals surface area contributed by atoms with Crippen molar-refractivity contribution in [1.82, 2.24) is 0 Å². The van der Waals surface area contributed by atoms with Crippen LogP contribution in [0, 0.1) is 11.3 Å². The van der Waals surface area contributed by atoms with E-state index >= 15 is 0 Å². The van der Waals surface area contributed by atoms with Crippen molar-refractivity contribution in [2.45, 2.75) is 39.7 Å². The van der Waals surface area contributed by atoms with Gasteiger partial charge in [-0.3, -0.25) is 0 Å². The summed E-state index contributed by atoms with van der Waals surface area (Å²) in [6.07, 6.45) is 0. The second-order valence-corrected chi connectivity index (χ2v) is 8.23. The minimum absolute atomic E-state index is 0.116. The van der Waals surface area contributed by atoms with E-state index in [-0.39, 0.29) is 46.2 Å². The summed E-state index contributed by atoms with van der Waals surface area (Å²) in [5.74, 6) is -0.633. The standard InChI is InChI=1S/C21H24N2O5S/c1-5-26-20(25)18-14(13(10-22)19(23)29-18)11-28-17(24)12-27-16-9-7-6-8-15(16)21(2,3)4/h6-9H,5,11-12,23H2,1-4H3. The Labute approximate surface area is 174 Å². The number of rotatable bonds is 7. The minimum atomic E-state index is -0.628. The number of hydrogen-bond acceptors (Lipinski definition) is 8. The Hall–Kier alpha value is -3.05. The molecule has 0 bridgehead atoms. The van der Waals surface area contributed by atoms with Crippen molar-refractivity contribution >= 4 is 28.3 Å². The molecule has 0 radical (unpaired) electrons. The third-order valence-corrected chi connectivity index (χ3v) is 5.07. The van der Waals surface area contributed by atoms with E-state index in [1.165, 1.54) is 0 Å². The van der Waals surface area contributed by atoms with Crippen LogP contribution in [-0.4, -0.2) is 25.2 Å². The molecule has 29 heavy (non-hydrogen) atoms. The van der Waals surface area contributed by atoms with Gasteiger partial charge in [0.05, 0.1) is 12.2 Å². The van der Waals surface area contributed by atoms with Crippen LogP contribution in [-0.2, 0) is 26.3 Å². The summed E-state index contributed by atoms with van der Waals surface area (Å²) in [6.45, 7) is 7.43. The van der Waals surface area contributed by atoms with Crippen LogP contribution in [0.5, 0.6) is 5.75 Å². The number of anilines is 1. The maximum atomic E-state index is 12.2. The SMILES string of the molecule is CCOC(=O)c1sc(N)c(C#N)c1COC(=O)COc1ccccc1C(C)(C)C. The van der Waals surface area contributed by atoms with Gasteiger partial charge in [-0.2, -0.15) is 5.26 Å². The number of carbonyl (C=O) groups is 2. The molecule has 2 aromatic rings. The van der Waals surface area contributed by atoms with Gasteiger partial charge in [0, 0.05) is 5.56 Å². The molecule has 1 aromatic carbocycles. The Balaban J connectivity index is 2.07. The Morgan fingerprint density at radius 1 is 1.21 bits per heavy atom. The van der Waals surface area contributed by atoms with E-state index in [2.05, 4.69) is 20.8 Å². The molecule has 0 aliphatic rings.